The first-order valence-electron chi connectivity index (χ1n) is 28.2. The molecule has 0 spiro atoms. The lowest BCUT2D eigenvalue weighted by atomic mass is 9.78. The number of ether oxygens (including phenoxy) is 8. The first-order chi connectivity index (χ1) is 36.4. The smallest absolute Gasteiger partial charge is 0.329 e. The third kappa shape index (κ3) is 20.7. The highest BCUT2D eigenvalue weighted by Gasteiger charge is 2.47. The van der Waals surface area contributed by atoms with Crippen LogP contribution in [0, 0.1) is 35.5 Å². The predicted molar refractivity (Wildman–Crippen MR) is 295 cm³/mol. The molecule has 0 aromatic carbocycles. The minimum Gasteiger partial charge on any atom is -0.460 e. The number of carbonyl (C=O) groups is 5. The number of nitrogens with zero attached hydrogens (tertiary/aromatic N) is 1. The summed E-state index contributed by atoms with van der Waals surface area (Å²) in [6.45, 7) is 18.0. The maximum Gasteiger partial charge on any atom is 0.329 e. The number of allylic oxidation sites excluding steroid dienone is 6. The summed E-state index contributed by atoms with van der Waals surface area (Å²) in [6, 6.07) is -1.10. The van der Waals surface area contributed by atoms with Gasteiger partial charge in [-0.2, -0.15) is 0 Å². The number of piperidine rings is 1. The van der Waals surface area contributed by atoms with Crippen LogP contribution in [0.25, 0.3) is 0 Å². The van der Waals surface area contributed by atoms with Gasteiger partial charge in [0.15, 0.2) is 18.9 Å². The third-order valence-corrected chi connectivity index (χ3v) is 16.8. The van der Waals surface area contributed by atoms with Gasteiger partial charge >= 0.3 is 5.97 Å². The van der Waals surface area contributed by atoms with E-state index in [2.05, 4.69) is 0 Å². The van der Waals surface area contributed by atoms with Gasteiger partial charge in [-0.15, -0.1) is 0 Å². The maximum absolute atomic E-state index is 14.6. The molecular weight excluding hydrogens is 1010 g/mol. The van der Waals surface area contributed by atoms with Crippen molar-refractivity contribution in [2.24, 2.45) is 35.5 Å². The van der Waals surface area contributed by atoms with Gasteiger partial charge in [-0.3, -0.25) is 23.7 Å². The number of amides is 1. The maximum atomic E-state index is 14.6. The van der Waals surface area contributed by atoms with Crippen molar-refractivity contribution in [1.29, 1.82) is 0 Å². The number of Topliss-reactive ketones (excluding diaryl/α,β-unsaturated/α-hetero) is 3. The van der Waals surface area contributed by atoms with Crippen LogP contribution in [0.15, 0.2) is 47.6 Å². The van der Waals surface area contributed by atoms with E-state index in [1.165, 1.54) is 19.1 Å². The SMILES string of the molecule is COCCOCCO[C@H]1C[C@@H]2CC[C@@H](C)[C@](O)(CC(=O)C(=O)N3CCCC[C@H]3C(=O)O[C@H]([C@H](C)C[C@@H]3CC[C@@H](OP(C)(C)=O)[C@H](OC)C3)CC(=O)[C@H](C)/C=C(\C)[C@@H](OC)[C@@H](OC)C(=O)[C@H](C)C[C@H](C)/C=C/C=C/C=C/1C)O2. The molecule has 2 saturated heterocycles. The molecule has 0 aromatic rings. The Bertz CT molecular complexity index is 2080. The lowest BCUT2D eigenvalue weighted by Crippen LogP contribution is -2.54. The first-order valence-corrected chi connectivity index (χ1v) is 30.7. The summed E-state index contributed by atoms with van der Waals surface area (Å²) in [5.41, 5.74) is 1.53. The van der Waals surface area contributed by atoms with Gasteiger partial charge in [0.25, 0.3) is 5.91 Å². The fourth-order valence-corrected chi connectivity index (χ4v) is 12.3. The van der Waals surface area contributed by atoms with Gasteiger partial charge in [0.1, 0.15) is 30.1 Å². The molecule has 0 aromatic heterocycles. The van der Waals surface area contributed by atoms with Gasteiger partial charge in [-0.05, 0) is 107 Å². The summed E-state index contributed by atoms with van der Waals surface area (Å²) in [5.74, 6) is -6.56. The molecule has 0 unspecified atom stereocenters. The zero-order valence-corrected chi connectivity index (χ0v) is 49.6. The van der Waals surface area contributed by atoms with E-state index in [0.717, 1.165) is 12.0 Å². The highest BCUT2D eigenvalue weighted by molar-refractivity contribution is 7.57. The molecule has 4 rings (SSSR count). The lowest BCUT2D eigenvalue weighted by molar-refractivity contribution is -0.282. The molecule has 15 atom stereocenters. The van der Waals surface area contributed by atoms with Gasteiger partial charge in [-0.1, -0.05) is 71.1 Å². The van der Waals surface area contributed by atoms with Gasteiger partial charge in [-0.25, -0.2) is 4.79 Å². The van der Waals surface area contributed by atoms with Gasteiger partial charge in [0, 0.05) is 78.9 Å². The molecule has 2 bridgehead atoms. The second kappa shape index (κ2) is 32.3. The Hall–Kier alpha value is -3.22. The number of cyclic esters (lactones) is 1. The summed E-state index contributed by atoms with van der Waals surface area (Å²) in [7, 11) is 3.41. The molecule has 4 aliphatic rings. The minimum atomic E-state index is -2.79. The van der Waals surface area contributed by atoms with Crippen molar-refractivity contribution in [3.05, 3.63) is 47.6 Å². The number of aliphatic hydroxyl groups is 1. The Morgan fingerprint density at radius 2 is 1.52 bits per heavy atom. The second-order valence-corrected chi connectivity index (χ2v) is 25.5. The Morgan fingerprint density at radius 1 is 0.805 bits per heavy atom. The molecule has 1 N–H and O–H groups in total. The quantitative estimate of drug-likeness (QED) is 0.0534. The molecule has 3 aliphatic heterocycles. The number of rotatable bonds is 15. The van der Waals surface area contributed by atoms with E-state index < -0.39 is 85.6 Å². The Kier molecular flexibility index (Phi) is 27.8. The number of methoxy groups -OCH3 is 4. The van der Waals surface area contributed by atoms with Gasteiger partial charge in [0.2, 0.25) is 5.78 Å². The zero-order valence-electron chi connectivity index (χ0n) is 48.7. The van der Waals surface area contributed by atoms with Crippen molar-refractivity contribution < 1.29 is 76.1 Å². The molecule has 438 valence electrons. The van der Waals surface area contributed by atoms with Crippen LogP contribution in [0.4, 0.5) is 0 Å². The zero-order chi connectivity index (χ0) is 57.0. The predicted octanol–water partition coefficient (Wildman–Crippen LogP) is 8.82. The van der Waals surface area contributed by atoms with Crippen LogP contribution in [0.2, 0.25) is 0 Å². The number of fused-ring (bicyclic) bond motifs is 3. The van der Waals surface area contributed by atoms with Crippen molar-refractivity contribution >= 4 is 36.6 Å². The normalized spacial score (nSPS) is 36.4. The molecule has 17 nitrogen and oxygen atoms in total. The van der Waals surface area contributed by atoms with E-state index in [9.17, 15) is 33.6 Å². The number of hydrogen-bond acceptors (Lipinski definition) is 16. The summed E-state index contributed by atoms with van der Waals surface area (Å²) < 4.78 is 66.1. The Labute approximate surface area is 460 Å². The van der Waals surface area contributed by atoms with Crippen LogP contribution in [-0.2, 0) is 71.0 Å². The average molecular weight is 1110 g/mol. The van der Waals surface area contributed by atoms with E-state index in [1.54, 1.807) is 47.5 Å². The molecule has 0 radical (unpaired) electrons. The molecular formula is C59H96NO16P. The molecule has 3 fully saturated rings. The van der Waals surface area contributed by atoms with E-state index in [4.69, 9.17) is 42.4 Å². The van der Waals surface area contributed by atoms with Crippen LogP contribution in [0.5, 0.6) is 0 Å². The summed E-state index contributed by atoms with van der Waals surface area (Å²) in [4.78, 5) is 72.9. The third-order valence-electron chi connectivity index (χ3n) is 16.0. The summed E-state index contributed by atoms with van der Waals surface area (Å²) >= 11 is 0. The topological polar surface area (TPSA) is 209 Å². The Morgan fingerprint density at radius 3 is 2.19 bits per heavy atom. The number of esters is 1. The lowest BCUT2D eigenvalue weighted by Gasteiger charge is -2.43. The minimum absolute atomic E-state index is 0.0336. The van der Waals surface area contributed by atoms with E-state index in [-0.39, 0.29) is 73.4 Å². The second-order valence-electron chi connectivity index (χ2n) is 22.8. The first kappa shape index (κ1) is 66.3. The highest BCUT2D eigenvalue weighted by Crippen LogP contribution is 2.45. The average Bonchev–Trinajstić information content (AvgIpc) is 3.38. The monoisotopic (exact) mass is 1110 g/mol. The largest absolute Gasteiger partial charge is 0.460 e. The van der Waals surface area contributed by atoms with Crippen molar-refractivity contribution in [3.8, 4) is 0 Å². The van der Waals surface area contributed by atoms with Crippen LogP contribution < -0.4 is 0 Å². The summed E-state index contributed by atoms with van der Waals surface area (Å²) in [5, 5.41) is 12.1. The van der Waals surface area contributed by atoms with E-state index >= 15 is 0 Å². The molecule has 18 heteroatoms. The standard InChI is InChI=1S/C59H96NO16P/c1-38-19-15-14-16-20-39(2)51(73-30-29-72-28-27-68-8)35-46-24-22-44(7)59(66,75-46)37-49(62)57(64)60-26-18-17-21-47(60)58(65)74-52(41(4)33-45-23-25-50(53(34-45)69-9)76-77(12,13)67)36-48(61)40(3)32-43(6)55(70-10)56(71-11)54(63)42(5)31-38/h14-16,19-20,32,38,40-42,44-47,50-53,55-56,66H,17-18,21-31,33-37H2,1-13H3/b16-14+,19-15+,39-20+,43-32+/t38-,40-,41-,42-,44-,45+,46+,47+,50-,51+,52+,53-,55-,56+,59+/m1/s1. The molecule has 1 aliphatic carbocycles. The van der Waals surface area contributed by atoms with Crippen LogP contribution in [-0.4, -0.2) is 169 Å². The van der Waals surface area contributed by atoms with E-state index in [0.29, 0.717) is 83.2 Å². The highest BCUT2D eigenvalue weighted by atomic mass is 31.2. The summed E-state index contributed by atoms with van der Waals surface area (Å²) in [6.07, 6.45) is 12.5. The van der Waals surface area contributed by atoms with Crippen molar-refractivity contribution in [3.63, 3.8) is 0 Å². The molecule has 1 amide bonds. The van der Waals surface area contributed by atoms with Crippen LogP contribution in [0.3, 0.4) is 0 Å². The van der Waals surface area contributed by atoms with Gasteiger partial charge in [0.05, 0.1) is 57.3 Å². The number of ketones is 3. The van der Waals surface area contributed by atoms with Crippen molar-refractivity contribution in [1.82, 2.24) is 4.90 Å². The van der Waals surface area contributed by atoms with Gasteiger partial charge < -0.3 is 52.4 Å². The molecule has 3 heterocycles. The van der Waals surface area contributed by atoms with Crippen molar-refractivity contribution in [2.45, 2.75) is 186 Å². The fraction of sp³-hybridized carbons (Fsp3) is 0.780. The van der Waals surface area contributed by atoms with E-state index in [1.807, 2.05) is 65.0 Å². The van der Waals surface area contributed by atoms with Crippen molar-refractivity contribution in [2.75, 3.05) is 74.7 Å². The fourth-order valence-electron chi connectivity index (χ4n) is 11.4. The van der Waals surface area contributed by atoms with Crippen LogP contribution in [0.1, 0.15) is 132 Å². The number of hydrogen-bond donors (Lipinski definition) is 1. The molecule has 1 saturated carbocycles. The Balaban J connectivity index is 1.71. The number of carbonyl (C=O) groups excluding carboxylic acids is 5. The molecule has 77 heavy (non-hydrogen) atoms. The van der Waals surface area contributed by atoms with Crippen LogP contribution >= 0.6 is 7.37 Å².